The van der Waals surface area contributed by atoms with Gasteiger partial charge >= 0.3 is 0 Å². The van der Waals surface area contributed by atoms with E-state index >= 15 is 0 Å². The van der Waals surface area contributed by atoms with Crippen LogP contribution in [-0.4, -0.2) is 0 Å². The molecule has 9 aromatic carbocycles. The van der Waals surface area contributed by atoms with Crippen LogP contribution in [0, 0.1) is 0 Å². The molecule has 2 aliphatic carbocycles. The summed E-state index contributed by atoms with van der Waals surface area (Å²) in [7, 11) is 0. The van der Waals surface area contributed by atoms with Gasteiger partial charge < -0.3 is 0 Å². The second-order valence-corrected chi connectivity index (χ2v) is 15.1. The molecular formula is C58H38. The van der Waals surface area contributed by atoms with Crippen molar-refractivity contribution in [2.24, 2.45) is 0 Å². The van der Waals surface area contributed by atoms with Crippen LogP contribution in [0.5, 0.6) is 0 Å². The first-order valence-corrected chi connectivity index (χ1v) is 20.1. The Morgan fingerprint density at radius 1 is 0.172 bits per heavy atom. The van der Waals surface area contributed by atoms with Crippen LogP contribution in [0.4, 0.5) is 0 Å². The molecule has 0 amide bonds. The zero-order chi connectivity index (χ0) is 38.4. The van der Waals surface area contributed by atoms with Gasteiger partial charge in [-0.15, -0.1) is 0 Å². The summed E-state index contributed by atoms with van der Waals surface area (Å²) < 4.78 is 0. The molecule has 0 nitrogen and oxygen atoms in total. The summed E-state index contributed by atoms with van der Waals surface area (Å²) in [5.74, 6) is 0. The van der Waals surface area contributed by atoms with Crippen LogP contribution in [0.3, 0.4) is 0 Å². The summed E-state index contributed by atoms with van der Waals surface area (Å²) in [6.45, 7) is 0. The van der Waals surface area contributed by atoms with E-state index in [9.17, 15) is 0 Å². The summed E-state index contributed by atoms with van der Waals surface area (Å²) in [6, 6.07) is 84.5. The zero-order valence-electron chi connectivity index (χ0n) is 31.9. The van der Waals surface area contributed by atoms with Gasteiger partial charge in [-0.2, -0.15) is 0 Å². The Labute approximate surface area is 340 Å². The van der Waals surface area contributed by atoms with E-state index in [1.807, 2.05) is 0 Å². The van der Waals surface area contributed by atoms with Crippen LogP contribution in [-0.2, 0) is 0 Å². The molecule has 0 spiro atoms. The lowest BCUT2D eigenvalue weighted by Crippen LogP contribution is -1.98. The summed E-state index contributed by atoms with van der Waals surface area (Å²) in [5.41, 5.74) is 22.3. The number of rotatable bonds is 7. The van der Waals surface area contributed by atoms with Crippen LogP contribution in [0.15, 0.2) is 236 Å². The normalized spacial score (nSPS) is 13.3. The summed E-state index contributed by atoms with van der Waals surface area (Å²) in [5, 5.41) is 2.49. The first kappa shape index (κ1) is 33.8. The Morgan fingerprint density at radius 3 is 1.09 bits per heavy atom. The molecule has 0 N–H and O–H groups in total. The van der Waals surface area contributed by atoms with Gasteiger partial charge in [0.15, 0.2) is 0 Å². The second-order valence-electron chi connectivity index (χ2n) is 15.1. The van der Waals surface area contributed by atoms with E-state index in [1.165, 1.54) is 111 Å². The van der Waals surface area contributed by atoms with Gasteiger partial charge in [-0.3, -0.25) is 0 Å². The highest BCUT2D eigenvalue weighted by atomic mass is 14.4. The minimum absolute atomic E-state index is 1.20. The maximum absolute atomic E-state index is 2.50. The van der Waals surface area contributed by atoms with Gasteiger partial charge in [0.05, 0.1) is 0 Å². The second kappa shape index (κ2) is 14.2. The molecule has 11 rings (SSSR count). The molecule has 0 atom stereocenters. The molecular weight excluding hydrogens is 697 g/mol. The monoisotopic (exact) mass is 734 g/mol. The van der Waals surface area contributed by atoms with Gasteiger partial charge in [-0.05, 0) is 123 Å². The number of hydrogen-bond acceptors (Lipinski definition) is 0. The Balaban J connectivity index is 1.34. The summed E-state index contributed by atoms with van der Waals surface area (Å²) >= 11 is 0. The lowest BCUT2D eigenvalue weighted by atomic mass is 9.82. The van der Waals surface area contributed by atoms with Crippen molar-refractivity contribution in [3.05, 3.63) is 269 Å². The van der Waals surface area contributed by atoms with Crippen molar-refractivity contribution in [1.82, 2.24) is 0 Å². The minimum atomic E-state index is 1.20. The van der Waals surface area contributed by atoms with Crippen molar-refractivity contribution >= 4 is 38.6 Å². The van der Waals surface area contributed by atoms with E-state index in [2.05, 4.69) is 231 Å². The molecule has 0 bridgehead atoms. The van der Waals surface area contributed by atoms with E-state index in [-0.39, 0.29) is 0 Å². The van der Waals surface area contributed by atoms with Crippen molar-refractivity contribution in [1.29, 1.82) is 0 Å². The van der Waals surface area contributed by atoms with E-state index < -0.39 is 0 Å². The maximum Gasteiger partial charge on any atom is -0.000137 e. The highest BCUT2D eigenvalue weighted by Gasteiger charge is 2.41. The highest BCUT2D eigenvalue weighted by molar-refractivity contribution is 6.40. The third-order valence-corrected chi connectivity index (χ3v) is 11.8. The first-order valence-electron chi connectivity index (χ1n) is 20.1. The average Bonchev–Trinajstić information content (AvgIpc) is 3.82. The van der Waals surface area contributed by atoms with E-state index in [0.717, 1.165) is 0 Å². The van der Waals surface area contributed by atoms with Crippen LogP contribution in [0.1, 0.15) is 33.4 Å². The quantitative estimate of drug-likeness (QED) is 0.153. The fraction of sp³-hybridized carbons (Fsp3) is 0. The van der Waals surface area contributed by atoms with Crippen LogP contribution in [0.25, 0.3) is 72.0 Å². The molecule has 0 aromatic heterocycles. The van der Waals surface area contributed by atoms with Crippen molar-refractivity contribution < 1.29 is 0 Å². The number of allylic oxidation sites excluding steroid dienone is 5. The molecule has 0 fully saturated rings. The molecule has 0 heteroatoms. The Bertz CT molecular complexity index is 3090. The smallest absolute Gasteiger partial charge is 0.000137 e. The Hall–Kier alpha value is -7.54. The van der Waals surface area contributed by atoms with Crippen molar-refractivity contribution in [3.63, 3.8) is 0 Å². The molecule has 0 radical (unpaired) electrons. The van der Waals surface area contributed by atoms with Crippen LogP contribution >= 0.6 is 0 Å². The molecule has 0 aliphatic heterocycles. The van der Waals surface area contributed by atoms with Crippen molar-refractivity contribution in [2.75, 3.05) is 0 Å². The zero-order valence-corrected chi connectivity index (χ0v) is 31.9. The van der Waals surface area contributed by atoms with Gasteiger partial charge in [0.25, 0.3) is 0 Å². The molecule has 0 heterocycles. The third kappa shape index (κ3) is 5.53. The third-order valence-electron chi connectivity index (χ3n) is 11.8. The lowest BCUT2D eigenvalue weighted by molar-refractivity contribution is 1.51. The molecule has 9 aromatic rings. The summed E-state index contributed by atoms with van der Waals surface area (Å²) in [4.78, 5) is 0. The van der Waals surface area contributed by atoms with Gasteiger partial charge in [0.2, 0.25) is 0 Å². The van der Waals surface area contributed by atoms with Crippen LogP contribution < -0.4 is 0 Å². The van der Waals surface area contributed by atoms with E-state index in [1.54, 1.807) is 0 Å². The summed E-state index contributed by atoms with van der Waals surface area (Å²) in [6.07, 6.45) is 0. The van der Waals surface area contributed by atoms with E-state index in [4.69, 9.17) is 0 Å². The van der Waals surface area contributed by atoms with Crippen molar-refractivity contribution in [3.8, 4) is 33.4 Å². The Morgan fingerprint density at radius 2 is 0.534 bits per heavy atom. The highest BCUT2D eigenvalue weighted by Crippen LogP contribution is 2.63. The molecule has 0 unspecified atom stereocenters. The van der Waals surface area contributed by atoms with Crippen LogP contribution in [0.2, 0.25) is 0 Å². The fourth-order valence-corrected chi connectivity index (χ4v) is 9.36. The topological polar surface area (TPSA) is 0 Å². The molecule has 58 heavy (non-hydrogen) atoms. The lowest BCUT2D eigenvalue weighted by Gasteiger charge is -2.20. The van der Waals surface area contributed by atoms with Gasteiger partial charge in [0, 0.05) is 0 Å². The number of benzene rings is 9. The Kier molecular flexibility index (Phi) is 8.26. The van der Waals surface area contributed by atoms with Crippen molar-refractivity contribution in [2.45, 2.75) is 0 Å². The average molecular weight is 735 g/mol. The molecule has 0 saturated heterocycles. The van der Waals surface area contributed by atoms with Gasteiger partial charge in [0.1, 0.15) is 0 Å². The predicted octanol–water partition coefficient (Wildman–Crippen LogP) is 15.2. The SMILES string of the molecule is c1ccc(C2=C(c3ccccc3)C(c3ccccc3-c3cccc4ccccc34)=C3C2=C(c2ccccc2)c2cc(-c4ccccc4)c(-c4ccccc4)cc23)cc1. The number of fused-ring (bicyclic) bond motifs is 4. The predicted molar refractivity (Wildman–Crippen MR) is 246 cm³/mol. The molecule has 2 aliphatic rings. The standard InChI is InChI=1S/C58H38/c1-6-21-40(22-7-1)49-37-51-52(38-50(49)41-23-8-2-9-24-41)57-56(48-35-19-18-34-47(48)46-36-20-32-39-25-16-17-33-45(39)46)54(43-28-12-4-13-29-43)55(44-30-14-5-15-31-44)58(57)53(51)42-26-10-3-11-27-42/h1-38H. The maximum atomic E-state index is 2.50. The van der Waals surface area contributed by atoms with Gasteiger partial charge in [-0.25, -0.2) is 0 Å². The van der Waals surface area contributed by atoms with Gasteiger partial charge in [-0.1, -0.05) is 218 Å². The van der Waals surface area contributed by atoms with E-state index in [0.29, 0.717) is 0 Å². The molecule has 270 valence electrons. The fourth-order valence-electron chi connectivity index (χ4n) is 9.36. The minimum Gasteiger partial charge on any atom is -0.0622 e. The molecule has 0 saturated carbocycles. The largest absolute Gasteiger partial charge is 0.0622 e. The first-order chi connectivity index (χ1) is 28.8. The number of hydrogen-bond donors (Lipinski definition) is 0.